The Kier molecular flexibility index (Phi) is 23.5. The first-order valence-electron chi connectivity index (χ1n) is 29.1. The highest BCUT2D eigenvalue weighted by molar-refractivity contribution is 6.00. The standard InChI is InChI=1S/C62H75N11O15/c1-3-4-6-16-44-57(83)68-47(30-39-32-63-43-15-10-9-14-42(39)43)55(81)64-33-52(77)66-45(27-37-18-22-40(75)23-19-37)58(84)70-48(31-54(79)80)62(88)73-26-11-17-50(73)60(86)71-49(35-74)56(82)65-34-53(78)72(2)51(29-36-12-7-5-8-13-36)61(87)69-46(59(85)67-44)28-38-20-24-41(76)25-21-38/h5,7-10,12-15,18-25,32,44-51,63,74-76H,3-4,6,11,16-17,26-31,33-35H2,1-2H3,(H,64,81)(H,65,82)(H,66,77)(H,67,85)(H,68,83)(H,69,87)(H,70,84)(H,71,86)(H,79,80)/t44-,45-,46-,47-,48-,49+,50+,51-/m0/s1. The van der Waals surface area contributed by atoms with E-state index < -0.39 is 139 Å². The summed E-state index contributed by atoms with van der Waals surface area (Å²) in [5.41, 5.74) is 2.75. The van der Waals surface area contributed by atoms with E-state index in [1.54, 1.807) is 54.7 Å². The summed E-state index contributed by atoms with van der Waals surface area (Å²) in [6, 6.07) is 15.1. The van der Waals surface area contributed by atoms with E-state index >= 15 is 0 Å². The van der Waals surface area contributed by atoms with Crippen LogP contribution in [0, 0.1) is 0 Å². The molecule has 88 heavy (non-hydrogen) atoms. The van der Waals surface area contributed by atoms with Crippen LogP contribution in [-0.2, 0) is 78.4 Å². The van der Waals surface area contributed by atoms with Gasteiger partial charge in [0.2, 0.25) is 59.1 Å². The molecule has 3 heterocycles. The summed E-state index contributed by atoms with van der Waals surface area (Å²) in [6.45, 7) is -0.732. The maximum absolute atomic E-state index is 14.9. The number of aliphatic carboxylic acids is 1. The van der Waals surface area contributed by atoms with Crippen molar-refractivity contribution in [2.75, 3.05) is 33.3 Å². The van der Waals surface area contributed by atoms with Crippen LogP contribution in [0.5, 0.6) is 11.5 Å². The summed E-state index contributed by atoms with van der Waals surface area (Å²) < 4.78 is 0. The minimum atomic E-state index is -1.83. The third kappa shape index (κ3) is 18.3. The number of aromatic amines is 1. The fraction of sp³-hybridized carbons (Fsp3) is 0.403. The highest BCUT2D eigenvalue weighted by atomic mass is 16.4. The van der Waals surface area contributed by atoms with Crippen molar-refractivity contribution < 1.29 is 73.2 Å². The van der Waals surface area contributed by atoms with Crippen molar-refractivity contribution >= 4 is 75.9 Å². The number of nitrogens with zero attached hydrogens (tertiary/aromatic N) is 2. The maximum Gasteiger partial charge on any atom is 0.305 e. The van der Waals surface area contributed by atoms with Gasteiger partial charge in [-0.1, -0.05) is 99.0 Å². The summed E-state index contributed by atoms with van der Waals surface area (Å²) in [6.07, 6.45) is 1.95. The van der Waals surface area contributed by atoms with Crippen molar-refractivity contribution in [1.29, 1.82) is 0 Å². The van der Waals surface area contributed by atoms with Gasteiger partial charge in [-0.15, -0.1) is 0 Å². The number of carbonyl (C=O) groups excluding carboxylic acids is 10. The van der Waals surface area contributed by atoms with E-state index in [0.29, 0.717) is 52.4 Å². The molecule has 0 radical (unpaired) electrons. The number of phenolic OH excluding ortho intramolecular Hbond substituents is 2. The smallest absolute Gasteiger partial charge is 0.305 e. The molecule has 0 spiro atoms. The monoisotopic (exact) mass is 1210 g/mol. The molecule has 2 aliphatic rings. The van der Waals surface area contributed by atoms with E-state index in [-0.39, 0.29) is 63.0 Å². The number of hydrogen-bond donors (Lipinski definition) is 13. The molecule has 26 heteroatoms. The number of aromatic nitrogens is 1. The molecule has 2 saturated heterocycles. The van der Waals surface area contributed by atoms with E-state index in [4.69, 9.17) is 0 Å². The van der Waals surface area contributed by atoms with Crippen LogP contribution < -0.4 is 42.5 Å². The van der Waals surface area contributed by atoms with Crippen LogP contribution in [0.3, 0.4) is 0 Å². The molecular weight excluding hydrogens is 1140 g/mol. The number of carbonyl (C=O) groups is 11. The molecule has 0 aliphatic carbocycles. The molecule has 468 valence electrons. The lowest BCUT2D eigenvalue weighted by Gasteiger charge is -2.31. The zero-order valence-electron chi connectivity index (χ0n) is 48.8. The first-order chi connectivity index (χ1) is 42.2. The second-order valence-electron chi connectivity index (χ2n) is 21.8. The minimum Gasteiger partial charge on any atom is -0.508 e. The van der Waals surface area contributed by atoms with Crippen molar-refractivity contribution in [1.82, 2.24) is 57.3 Å². The van der Waals surface area contributed by atoms with Crippen LogP contribution in [0.25, 0.3) is 10.9 Å². The van der Waals surface area contributed by atoms with Gasteiger partial charge < -0.3 is 77.7 Å². The number of para-hydroxylation sites is 1. The predicted octanol–water partition coefficient (Wildman–Crippen LogP) is -0.130. The molecule has 10 amide bonds. The fourth-order valence-corrected chi connectivity index (χ4v) is 10.5. The summed E-state index contributed by atoms with van der Waals surface area (Å²) in [5.74, 6) is -10.9. The van der Waals surface area contributed by atoms with Crippen LogP contribution in [0.15, 0.2) is 109 Å². The molecular formula is C62H75N11O15. The van der Waals surface area contributed by atoms with Gasteiger partial charge >= 0.3 is 5.97 Å². The minimum absolute atomic E-state index is 0.00773. The number of aliphatic hydroxyl groups is 1. The Hall–Kier alpha value is -9.85. The number of phenols is 2. The number of H-pyrrole nitrogens is 1. The van der Waals surface area contributed by atoms with Crippen molar-refractivity contribution in [2.24, 2.45) is 0 Å². The first kappa shape index (κ1) is 65.7. The molecule has 2 fully saturated rings. The van der Waals surface area contributed by atoms with Crippen molar-refractivity contribution in [3.05, 3.63) is 132 Å². The van der Waals surface area contributed by atoms with Crippen LogP contribution in [0.1, 0.15) is 74.1 Å². The van der Waals surface area contributed by atoms with Crippen LogP contribution >= 0.6 is 0 Å². The van der Waals surface area contributed by atoms with Crippen molar-refractivity contribution in [2.45, 2.75) is 126 Å². The van der Waals surface area contributed by atoms with Crippen molar-refractivity contribution in [3.63, 3.8) is 0 Å². The highest BCUT2D eigenvalue weighted by Crippen LogP contribution is 2.23. The van der Waals surface area contributed by atoms with Gasteiger partial charge in [0.15, 0.2) is 0 Å². The van der Waals surface area contributed by atoms with Crippen molar-refractivity contribution in [3.8, 4) is 11.5 Å². The molecule has 4 aromatic carbocycles. The van der Waals surface area contributed by atoms with Gasteiger partial charge in [-0.2, -0.15) is 0 Å². The molecule has 0 saturated carbocycles. The zero-order valence-corrected chi connectivity index (χ0v) is 48.8. The Balaban J connectivity index is 1.26. The number of hydrogen-bond acceptors (Lipinski definition) is 14. The number of carboxylic acids is 1. The molecule has 0 bridgehead atoms. The number of nitrogens with one attached hydrogen (secondary N) is 9. The Bertz CT molecular complexity index is 3310. The molecule has 2 aliphatic heterocycles. The normalized spacial score (nSPS) is 22.9. The van der Waals surface area contributed by atoms with Gasteiger partial charge in [0.25, 0.3) is 0 Å². The lowest BCUT2D eigenvalue weighted by atomic mass is 10.00. The lowest BCUT2D eigenvalue weighted by Crippen LogP contribution is -2.60. The van der Waals surface area contributed by atoms with Gasteiger partial charge in [-0.3, -0.25) is 52.7 Å². The number of aromatic hydroxyl groups is 2. The zero-order chi connectivity index (χ0) is 63.4. The molecule has 8 atom stereocenters. The van der Waals surface area contributed by atoms with Gasteiger partial charge in [0.1, 0.15) is 59.8 Å². The Morgan fingerprint density at radius 1 is 0.557 bits per heavy atom. The molecule has 0 unspecified atom stereocenters. The Morgan fingerprint density at radius 2 is 1.09 bits per heavy atom. The topological polar surface area (TPSA) is 387 Å². The first-order valence-corrected chi connectivity index (χ1v) is 29.1. The number of fused-ring (bicyclic) bond motifs is 2. The molecule has 5 aromatic rings. The number of rotatable bonds is 15. The molecule has 13 N–H and O–H groups in total. The van der Waals surface area contributed by atoms with Crippen LogP contribution in [0.4, 0.5) is 0 Å². The van der Waals surface area contributed by atoms with Gasteiger partial charge in [-0.05, 0) is 71.8 Å². The SMILES string of the molecule is CCCCC[C@@H]1NC(=O)[C@H](Cc2ccc(O)cc2)NC(=O)[C@H](Cc2ccccc2)N(C)C(=O)CNC(=O)[C@@H](CO)NC(=O)[C@H]2CCCN2C(=O)[C@H](CC(=O)O)NC(=O)[C@H](Cc2ccc(O)cc2)NC(=O)CNC(=O)[C@H](Cc2c[nH]c3ccccc23)NC1=O. The molecule has 7 rings (SSSR count). The third-order valence-corrected chi connectivity index (χ3v) is 15.4. The number of benzene rings is 4. The second-order valence-corrected chi connectivity index (χ2v) is 21.8. The second kappa shape index (κ2) is 31.5. The average Bonchev–Trinajstić information content (AvgIpc) is 4.01. The van der Waals surface area contributed by atoms with Crippen LogP contribution in [-0.4, -0.2) is 182 Å². The highest BCUT2D eigenvalue weighted by Gasteiger charge is 2.41. The van der Waals surface area contributed by atoms with E-state index in [2.05, 4.69) is 47.5 Å². The number of likely N-dealkylation sites (N-methyl/N-ethyl adjacent to an activating group) is 1. The number of aliphatic hydroxyl groups excluding tert-OH is 1. The fourth-order valence-electron chi connectivity index (χ4n) is 10.5. The number of unbranched alkanes of at least 4 members (excludes halogenated alkanes) is 2. The summed E-state index contributed by atoms with van der Waals surface area (Å²) >= 11 is 0. The maximum atomic E-state index is 14.9. The summed E-state index contributed by atoms with van der Waals surface area (Å²) in [4.78, 5) is 161. The molecule has 1 aromatic heterocycles. The number of carboxylic acid groups (broad SMARTS) is 1. The largest absolute Gasteiger partial charge is 0.508 e. The van der Waals surface area contributed by atoms with E-state index in [1.807, 2.05) is 13.0 Å². The van der Waals surface area contributed by atoms with Gasteiger partial charge in [0.05, 0.1) is 26.1 Å². The average molecular weight is 1210 g/mol. The van der Waals surface area contributed by atoms with Crippen LogP contribution in [0.2, 0.25) is 0 Å². The van der Waals surface area contributed by atoms with Gasteiger partial charge in [-0.25, -0.2) is 0 Å². The summed E-state index contributed by atoms with van der Waals surface area (Å²) in [5, 5.41) is 61.9. The van der Waals surface area contributed by atoms with E-state index in [1.165, 1.54) is 55.6 Å². The van der Waals surface area contributed by atoms with Gasteiger partial charge in [0, 0.05) is 56.4 Å². The molecule has 26 nitrogen and oxygen atoms in total. The summed E-state index contributed by atoms with van der Waals surface area (Å²) in [7, 11) is 1.30. The lowest BCUT2D eigenvalue weighted by molar-refractivity contribution is -0.146. The quantitative estimate of drug-likeness (QED) is 0.0608. The number of amides is 10. The third-order valence-electron chi connectivity index (χ3n) is 15.4. The van der Waals surface area contributed by atoms with E-state index in [9.17, 15) is 73.2 Å². The Labute approximate surface area is 506 Å². The van der Waals surface area contributed by atoms with E-state index in [0.717, 1.165) is 9.80 Å². The Morgan fingerprint density at radius 3 is 1.73 bits per heavy atom. The predicted molar refractivity (Wildman–Crippen MR) is 318 cm³/mol.